The number of nitrogens with zero attached hydrogens (tertiary/aromatic N) is 6. The van der Waals surface area contributed by atoms with Gasteiger partial charge in [-0.2, -0.15) is 15.5 Å². The summed E-state index contributed by atoms with van der Waals surface area (Å²) in [6.07, 6.45) is 5.57. The zero-order chi connectivity index (χ0) is 26.4. The van der Waals surface area contributed by atoms with Crippen molar-refractivity contribution >= 4 is 16.9 Å². The fraction of sp³-hybridized carbons (Fsp3) is 0.423. The Balaban J connectivity index is 1.68. The van der Waals surface area contributed by atoms with E-state index in [0.29, 0.717) is 39.5 Å². The lowest BCUT2D eigenvalue weighted by molar-refractivity contribution is -0.0210. The second-order valence-corrected chi connectivity index (χ2v) is 9.12. The molecule has 4 rings (SSSR count). The third-order valence-electron chi connectivity index (χ3n) is 6.03. The normalized spacial score (nSPS) is 16.2. The van der Waals surface area contributed by atoms with E-state index >= 15 is 0 Å². The molecule has 0 bridgehead atoms. The van der Waals surface area contributed by atoms with Crippen LogP contribution in [0.1, 0.15) is 56.5 Å². The van der Waals surface area contributed by atoms with Crippen molar-refractivity contribution in [2.45, 2.75) is 51.9 Å². The lowest BCUT2D eigenvalue weighted by atomic mass is 10.0. The highest BCUT2D eigenvalue weighted by Crippen LogP contribution is 2.28. The Morgan fingerprint density at radius 2 is 2.11 bits per heavy atom. The molecule has 3 aromatic heterocycles. The van der Waals surface area contributed by atoms with E-state index in [2.05, 4.69) is 26.6 Å². The van der Waals surface area contributed by atoms with E-state index < -0.39 is 11.9 Å². The van der Waals surface area contributed by atoms with Gasteiger partial charge in [0.1, 0.15) is 47.1 Å². The monoisotopic (exact) mass is 506 g/mol. The van der Waals surface area contributed by atoms with Gasteiger partial charge in [0.25, 0.3) is 0 Å². The van der Waals surface area contributed by atoms with Crippen LogP contribution in [-0.2, 0) is 4.74 Å². The number of aromatic nitrogens is 3. The molecule has 0 aliphatic carbocycles. The molecule has 0 radical (unpaired) electrons. The second kappa shape index (κ2) is 11.9. The average molecular weight is 507 g/mol. The first-order chi connectivity index (χ1) is 17.9. The molecule has 0 spiro atoms. The zero-order valence-electron chi connectivity index (χ0n) is 21.2. The van der Waals surface area contributed by atoms with Crippen molar-refractivity contribution in [1.82, 2.24) is 19.9 Å². The first kappa shape index (κ1) is 26.2. The van der Waals surface area contributed by atoms with Crippen LogP contribution in [-0.4, -0.2) is 57.9 Å². The number of pyridine rings is 2. The summed E-state index contributed by atoms with van der Waals surface area (Å²) >= 11 is 0. The topological polar surface area (TPSA) is 135 Å². The first-order valence-corrected chi connectivity index (χ1v) is 12.2. The number of aliphatic imine (C=N–C) groups is 1. The Morgan fingerprint density at radius 1 is 1.32 bits per heavy atom. The Bertz CT molecular complexity index is 1320. The molecule has 1 aliphatic heterocycles. The van der Waals surface area contributed by atoms with Gasteiger partial charge in [-0.05, 0) is 64.9 Å². The summed E-state index contributed by atoms with van der Waals surface area (Å²) in [6, 6.07) is 7.02. The quantitative estimate of drug-likeness (QED) is 0.258. The zero-order valence-corrected chi connectivity index (χ0v) is 21.2. The third-order valence-corrected chi connectivity index (χ3v) is 6.03. The van der Waals surface area contributed by atoms with Crippen molar-refractivity contribution in [2.24, 2.45) is 15.9 Å². The maximum Gasteiger partial charge on any atom is 0.147 e. The summed E-state index contributed by atoms with van der Waals surface area (Å²) < 4.78 is 27.2. The Labute approximate surface area is 215 Å². The van der Waals surface area contributed by atoms with Crippen LogP contribution in [0, 0.1) is 17.1 Å². The third kappa shape index (κ3) is 6.28. The molecule has 37 heavy (non-hydrogen) atoms. The smallest absolute Gasteiger partial charge is 0.147 e. The van der Waals surface area contributed by atoms with Crippen molar-refractivity contribution in [1.29, 1.82) is 5.26 Å². The van der Waals surface area contributed by atoms with Crippen LogP contribution in [0.15, 0.2) is 46.9 Å². The number of hydrogen-bond acceptors (Lipinski definition) is 9. The molecule has 11 heteroatoms. The molecule has 3 aromatic rings. The predicted molar refractivity (Wildman–Crippen MR) is 138 cm³/mol. The molecule has 194 valence electrons. The molecule has 4 heterocycles. The predicted octanol–water partition coefficient (Wildman–Crippen LogP) is 3.16. The minimum Gasteiger partial charge on any atom is -0.488 e. The average Bonchev–Trinajstić information content (AvgIpc) is 3.31. The number of halogens is 1. The number of nitriles is 1. The molecular weight excluding hydrogens is 475 g/mol. The molecule has 1 aliphatic rings. The van der Waals surface area contributed by atoms with Crippen LogP contribution in [0.5, 0.6) is 5.75 Å². The Hall–Kier alpha value is -3.88. The Kier molecular flexibility index (Phi) is 8.43. The molecule has 0 aromatic carbocycles. The van der Waals surface area contributed by atoms with E-state index in [4.69, 9.17) is 20.3 Å². The van der Waals surface area contributed by atoms with Gasteiger partial charge in [0, 0.05) is 11.8 Å². The fourth-order valence-corrected chi connectivity index (χ4v) is 4.32. The van der Waals surface area contributed by atoms with E-state index in [9.17, 15) is 9.65 Å². The standard InChI is InChI=1S/C26H31FN8O2/c1-16(2)37-24(22-5-4-20(27)13-31-22)15-36-23-10-18(14-35-26(23)19(11-28)12-32-35)25(34-29)17(3)33-21-6-8-30-9-7-21/h4-5,10,12-14,16,21,24,30H,6-9,15,29H2,1-3H3/b33-17?,34-25+. The molecule has 0 saturated carbocycles. The van der Waals surface area contributed by atoms with Crippen LogP contribution < -0.4 is 15.9 Å². The molecule has 1 atom stereocenters. The van der Waals surface area contributed by atoms with Crippen molar-refractivity contribution in [3.63, 3.8) is 0 Å². The number of ether oxygens (including phenoxy) is 2. The number of fused-ring (bicyclic) bond motifs is 1. The van der Waals surface area contributed by atoms with Gasteiger partial charge in [-0.1, -0.05) is 0 Å². The van der Waals surface area contributed by atoms with E-state index in [-0.39, 0.29) is 18.8 Å². The number of hydrogen-bond donors (Lipinski definition) is 2. The number of rotatable bonds is 9. The summed E-state index contributed by atoms with van der Waals surface area (Å²) in [5.41, 5.74) is 3.26. The Morgan fingerprint density at radius 3 is 2.76 bits per heavy atom. The summed E-state index contributed by atoms with van der Waals surface area (Å²) in [5.74, 6) is 5.78. The minimum absolute atomic E-state index is 0.0726. The molecule has 1 unspecified atom stereocenters. The number of nitrogens with two attached hydrogens (primary N) is 1. The molecule has 3 N–H and O–H groups in total. The lowest BCUT2D eigenvalue weighted by Gasteiger charge is -2.21. The van der Waals surface area contributed by atoms with Gasteiger partial charge < -0.3 is 20.6 Å². The van der Waals surface area contributed by atoms with Crippen LogP contribution in [0.4, 0.5) is 4.39 Å². The fourth-order valence-electron chi connectivity index (χ4n) is 4.32. The first-order valence-electron chi connectivity index (χ1n) is 12.2. The van der Waals surface area contributed by atoms with Crippen molar-refractivity contribution in [2.75, 3.05) is 19.7 Å². The van der Waals surface area contributed by atoms with E-state index in [0.717, 1.165) is 32.1 Å². The molecule has 1 fully saturated rings. The van der Waals surface area contributed by atoms with Crippen molar-refractivity contribution in [3.8, 4) is 11.8 Å². The highest BCUT2D eigenvalue weighted by molar-refractivity contribution is 6.47. The minimum atomic E-state index is -0.566. The van der Waals surface area contributed by atoms with Gasteiger partial charge in [-0.3, -0.25) is 9.98 Å². The van der Waals surface area contributed by atoms with E-state index in [1.165, 1.54) is 12.3 Å². The van der Waals surface area contributed by atoms with Crippen LogP contribution in [0.25, 0.3) is 5.52 Å². The largest absolute Gasteiger partial charge is 0.488 e. The summed E-state index contributed by atoms with van der Waals surface area (Å²) in [5, 5.41) is 21.3. The SMILES string of the molecule is CC(=NC1CCNCC1)/C(=N\N)c1cc(OCC(OC(C)C)c2ccc(F)cn2)c2c(C#N)cnn2c1. The highest BCUT2D eigenvalue weighted by Gasteiger charge is 2.21. The maximum atomic E-state index is 13.4. The molecule has 1 saturated heterocycles. The van der Waals surface area contributed by atoms with Gasteiger partial charge in [0.15, 0.2) is 0 Å². The highest BCUT2D eigenvalue weighted by atomic mass is 19.1. The number of piperidine rings is 1. The van der Waals surface area contributed by atoms with Crippen LogP contribution in [0.2, 0.25) is 0 Å². The second-order valence-electron chi connectivity index (χ2n) is 9.12. The van der Waals surface area contributed by atoms with Gasteiger partial charge in [-0.15, -0.1) is 0 Å². The molecule has 0 amide bonds. The summed E-state index contributed by atoms with van der Waals surface area (Å²) in [4.78, 5) is 9.01. The number of hydrazone groups is 1. The maximum absolute atomic E-state index is 13.4. The van der Waals surface area contributed by atoms with Gasteiger partial charge in [-0.25, -0.2) is 8.91 Å². The van der Waals surface area contributed by atoms with Gasteiger partial charge in [0.05, 0.1) is 35.9 Å². The van der Waals surface area contributed by atoms with Gasteiger partial charge in [0.2, 0.25) is 0 Å². The summed E-state index contributed by atoms with van der Waals surface area (Å²) in [6.45, 7) is 7.60. The molecule has 10 nitrogen and oxygen atoms in total. The number of nitrogens with one attached hydrogen (secondary N) is 1. The van der Waals surface area contributed by atoms with Gasteiger partial charge >= 0.3 is 0 Å². The van der Waals surface area contributed by atoms with Crippen molar-refractivity contribution in [3.05, 3.63) is 59.4 Å². The summed E-state index contributed by atoms with van der Waals surface area (Å²) in [7, 11) is 0. The van der Waals surface area contributed by atoms with E-state index in [1.807, 2.05) is 20.8 Å². The van der Waals surface area contributed by atoms with E-state index in [1.54, 1.807) is 22.8 Å². The lowest BCUT2D eigenvalue weighted by Crippen LogP contribution is -2.31. The molecular formula is C26H31FN8O2. The van der Waals surface area contributed by atoms with Crippen LogP contribution in [0.3, 0.4) is 0 Å². The van der Waals surface area contributed by atoms with Crippen molar-refractivity contribution < 1.29 is 13.9 Å². The van der Waals surface area contributed by atoms with Crippen LogP contribution >= 0.6 is 0 Å².